The molecule has 0 N–H and O–H groups in total. The van der Waals surface area contributed by atoms with Crippen molar-refractivity contribution in [2.45, 2.75) is 6.61 Å². The van der Waals surface area contributed by atoms with Crippen molar-refractivity contribution in [3.05, 3.63) is 66.9 Å². The molecule has 1 aliphatic heterocycles. The van der Waals surface area contributed by atoms with Gasteiger partial charge in [-0.25, -0.2) is 0 Å². The summed E-state index contributed by atoms with van der Waals surface area (Å²) < 4.78 is 11.4. The maximum Gasteiger partial charge on any atom is 0.293 e. The number of hydrogen-bond donors (Lipinski definition) is 0. The number of rotatable bonds is 7. The van der Waals surface area contributed by atoms with Crippen LogP contribution in [0, 0.1) is 0 Å². The molecule has 0 aliphatic carbocycles. The van der Waals surface area contributed by atoms with Gasteiger partial charge in [-0.05, 0) is 57.5 Å². The second-order valence-electron chi connectivity index (χ2n) is 6.02. The number of nitrogens with zero attached hydrogens (tertiary/aromatic N) is 1. The first kappa shape index (κ1) is 22.2. The van der Waals surface area contributed by atoms with Crippen molar-refractivity contribution >= 4 is 68.1 Å². The van der Waals surface area contributed by atoms with Crippen LogP contribution in [0.3, 0.4) is 0 Å². The van der Waals surface area contributed by atoms with Crippen LogP contribution in [0.15, 0.2) is 45.8 Å². The second-order valence-corrected chi connectivity index (χ2v) is 8.68. The number of hydrogen-bond acceptors (Lipinski definition) is 5. The highest BCUT2D eigenvalue weighted by Crippen LogP contribution is 2.38. The van der Waals surface area contributed by atoms with Crippen LogP contribution in [0.25, 0.3) is 6.08 Å². The van der Waals surface area contributed by atoms with E-state index in [2.05, 4.69) is 15.9 Å². The summed E-state index contributed by atoms with van der Waals surface area (Å²) in [6.45, 7) is 0.772. The largest absolute Gasteiger partial charge is 0.486 e. The second kappa shape index (κ2) is 10.00. The minimum absolute atomic E-state index is 0.220. The fourth-order valence-electron chi connectivity index (χ4n) is 2.59. The molecule has 0 atom stereocenters. The lowest BCUT2D eigenvalue weighted by Crippen LogP contribution is -2.31. The normalized spacial score (nSPS) is 15.4. The van der Waals surface area contributed by atoms with Gasteiger partial charge in [0, 0.05) is 17.7 Å². The summed E-state index contributed by atoms with van der Waals surface area (Å²) in [6, 6.07) is 10.8. The zero-order valence-electron chi connectivity index (χ0n) is 15.3. The molecule has 1 heterocycles. The van der Waals surface area contributed by atoms with Crippen molar-refractivity contribution in [3.8, 4) is 5.75 Å². The maximum atomic E-state index is 12.4. The van der Waals surface area contributed by atoms with Crippen LogP contribution in [-0.4, -0.2) is 36.3 Å². The summed E-state index contributed by atoms with van der Waals surface area (Å²) >= 11 is 16.9. The van der Waals surface area contributed by atoms with E-state index in [1.807, 2.05) is 18.2 Å². The number of imide groups is 1. The van der Waals surface area contributed by atoms with Gasteiger partial charge in [-0.15, -0.1) is 0 Å². The first-order valence-corrected chi connectivity index (χ1v) is 10.9. The zero-order valence-corrected chi connectivity index (χ0v) is 19.2. The van der Waals surface area contributed by atoms with E-state index in [1.165, 1.54) is 7.11 Å². The number of methoxy groups -OCH3 is 1. The average Bonchev–Trinajstić information content (AvgIpc) is 2.93. The Hall–Kier alpha value is -1.51. The quantitative estimate of drug-likeness (QED) is 0.421. The molecule has 0 radical (unpaired) electrons. The first-order chi connectivity index (χ1) is 13.9. The van der Waals surface area contributed by atoms with Gasteiger partial charge in [-0.2, -0.15) is 0 Å². The Morgan fingerprint density at radius 3 is 2.62 bits per heavy atom. The molecule has 1 aliphatic rings. The van der Waals surface area contributed by atoms with Crippen LogP contribution in [0.1, 0.15) is 11.1 Å². The van der Waals surface area contributed by atoms with Gasteiger partial charge in [0.05, 0.1) is 27.6 Å². The van der Waals surface area contributed by atoms with E-state index in [-0.39, 0.29) is 24.3 Å². The molecule has 29 heavy (non-hydrogen) atoms. The molecule has 0 spiro atoms. The van der Waals surface area contributed by atoms with Crippen LogP contribution in [0.4, 0.5) is 4.79 Å². The summed E-state index contributed by atoms with van der Waals surface area (Å²) in [5, 5.41) is 0.667. The predicted molar refractivity (Wildman–Crippen MR) is 119 cm³/mol. The Labute approximate surface area is 191 Å². The van der Waals surface area contributed by atoms with E-state index < -0.39 is 0 Å². The van der Waals surface area contributed by atoms with Crippen LogP contribution in [-0.2, 0) is 16.1 Å². The molecular weight excluding hydrogens is 501 g/mol. The third kappa shape index (κ3) is 5.35. The lowest BCUT2D eigenvalue weighted by Gasteiger charge is -2.12. The highest BCUT2D eigenvalue weighted by molar-refractivity contribution is 9.10. The summed E-state index contributed by atoms with van der Waals surface area (Å²) in [4.78, 5) is 26.0. The zero-order chi connectivity index (χ0) is 21.0. The smallest absolute Gasteiger partial charge is 0.293 e. The number of amides is 2. The summed E-state index contributed by atoms with van der Waals surface area (Å²) in [5.41, 5.74) is 1.51. The van der Waals surface area contributed by atoms with Gasteiger partial charge in [0.15, 0.2) is 5.75 Å². The Bertz CT molecular complexity index is 960. The number of halogens is 3. The molecular formula is C20H16BrCl2NO4S. The fraction of sp³-hybridized carbons (Fsp3) is 0.200. The van der Waals surface area contributed by atoms with Gasteiger partial charge in [0.25, 0.3) is 11.1 Å². The minimum atomic E-state index is -0.344. The minimum Gasteiger partial charge on any atom is -0.486 e. The van der Waals surface area contributed by atoms with E-state index in [0.717, 1.165) is 22.2 Å². The van der Waals surface area contributed by atoms with E-state index in [0.29, 0.717) is 37.3 Å². The van der Waals surface area contributed by atoms with Gasteiger partial charge in [0.2, 0.25) is 0 Å². The summed E-state index contributed by atoms with van der Waals surface area (Å²) in [5.74, 6) is 0.125. The number of carbonyl (C=O) groups is 2. The summed E-state index contributed by atoms with van der Waals surface area (Å²) in [6.07, 6.45) is 1.63. The molecule has 3 rings (SSSR count). The SMILES string of the molecule is COCCN1C(=O)S/C(=C/c2cc(Cl)c(OCc3ccccc3Cl)c(Br)c2)C1=O. The lowest BCUT2D eigenvalue weighted by molar-refractivity contribution is -0.123. The number of benzene rings is 2. The predicted octanol–water partition coefficient (Wildman–Crippen LogP) is 6.02. The molecule has 152 valence electrons. The highest BCUT2D eigenvalue weighted by atomic mass is 79.9. The van der Waals surface area contributed by atoms with E-state index >= 15 is 0 Å². The van der Waals surface area contributed by atoms with Crippen molar-refractivity contribution in [2.75, 3.05) is 20.3 Å². The molecule has 0 aromatic heterocycles. The van der Waals surface area contributed by atoms with Crippen molar-refractivity contribution < 1.29 is 19.1 Å². The molecule has 5 nitrogen and oxygen atoms in total. The molecule has 9 heteroatoms. The van der Waals surface area contributed by atoms with E-state index in [4.69, 9.17) is 32.7 Å². The Balaban J connectivity index is 1.77. The van der Waals surface area contributed by atoms with Crippen molar-refractivity contribution in [1.29, 1.82) is 0 Å². The third-order valence-electron chi connectivity index (χ3n) is 4.04. The van der Waals surface area contributed by atoms with Gasteiger partial charge in [-0.3, -0.25) is 14.5 Å². The lowest BCUT2D eigenvalue weighted by atomic mass is 10.2. The molecule has 0 saturated carbocycles. The van der Waals surface area contributed by atoms with Crippen molar-refractivity contribution in [1.82, 2.24) is 4.90 Å². The van der Waals surface area contributed by atoms with Gasteiger partial charge in [-0.1, -0.05) is 41.4 Å². The summed E-state index contributed by atoms with van der Waals surface area (Å²) in [7, 11) is 1.52. The molecule has 0 unspecified atom stereocenters. The molecule has 2 aromatic rings. The van der Waals surface area contributed by atoms with Crippen LogP contribution >= 0.6 is 50.9 Å². The van der Waals surface area contributed by atoms with E-state index in [1.54, 1.807) is 24.3 Å². The molecule has 1 fully saturated rings. The maximum absolute atomic E-state index is 12.4. The Kier molecular flexibility index (Phi) is 7.65. The fourth-order valence-corrected chi connectivity index (χ4v) is 4.64. The molecule has 0 bridgehead atoms. The molecule has 1 saturated heterocycles. The van der Waals surface area contributed by atoms with Gasteiger partial charge < -0.3 is 9.47 Å². The Morgan fingerprint density at radius 2 is 1.93 bits per heavy atom. The number of ether oxygens (including phenoxy) is 2. The third-order valence-corrected chi connectivity index (χ3v) is 6.19. The highest BCUT2D eigenvalue weighted by Gasteiger charge is 2.34. The number of carbonyl (C=O) groups excluding carboxylic acids is 2. The van der Waals surface area contributed by atoms with Crippen LogP contribution in [0.2, 0.25) is 10.0 Å². The van der Waals surface area contributed by atoms with Crippen molar-refractivity contribution in [3.63, 3.8) is 0 Å². The first-order valence-electron chi connectivity index (χ1n) is 8.50. The van der Waals surface area contributed by atoms with Gasteiger partial charge >= 0.3 is 0 Å². The van der Waals surface area contributed by atoms with E-state index in [9.17, 15) is 9.59 Å². The standard InChI is InChI=1S/C20H16BrCl2NO4S/c1-27-7-6-24-19(25)17(29-20(24)26)10-12-8-14(21)18(16(23)9-12)28-11-13-4-2-3-5-15(13)22/h2-5,8-10H,6-7,11H2,1H3/b17-10+. The molecule has 2 amide bonds. The number of thioether (sulfide) groups is 1. The topological polar surface area (TPSA) is 55.8 Å². The Morgan fingerprint density at radius 1 is 1.17 bits per heavy atom. The van der Waals surface area contributed by atoms with Gasteiger partial charge in [0.1, 0.15) is 6.61 Å². The van der Waals surface area contributed by atoms with Crippen molar-refractivity contribution in [2.24, 2.45) is 0 Å². The molecule has 2 aromatic carbocycles. The van der Waals surface area contributed by atoms with Crippen LogP contribution in [0.5, 0.6) is 5.75 Å². The van der Waals surface area contributed by atoms with Crippen LogP contribution < -0.4 is 4.74 Å². The average molecular weight is 517 g/mol. The monoisotopic (exact) mass is 515 g/mol.